The Kier molecular flexibility index (Phi) is 3.52. The molecule has 0 aliphatic carbocycles. The van der Waals surface area contributed by atoms with E-state index < -0.39 is 0 Å². The van der Waals surface area contributed by atoms with Crippen LogP contribution in [0.3, 0.4) is 0 Å². The van der Waals surface area contributed by atoms with Crippen LogP contribution in [0.15, 0.2) is 53.0 Å². The molecule has 16 heavy (non-hydrogen) atoms. The molecule has 0 amide bonds. The van der Waals surface area contributed by atoms with Gasteiger partial charge in [-0.1, -0.05) is 58.4 Å². The van der Waals surface area contributed by atoms with Crippen LogP contribution in [0, 0.1) is 0 Å². The van der Waals surface area contributed by atoms with Crippen molar-refractivity contribution in [1.82, 2.24) is 0 Å². The quantitative estimate of drug-likeness (QED) is 0.777. The maximum absolute atomic E-state index is 10.7. The van der Waals surface area contributed by atoms with Gasteiger partial charge in [-0.2, -0.15) is 0 Å². The minimum atomic E-state index is 0.691. The van der Waals surface area contributed by atoms with Gasteiger partial charge in [-0.3, -0.25) is 4.79 Å². The highest BCUT2D eigenvalue weighted by molar-refractivity contribution is 9.10. The lowest BCUT2D eigenvalue weighted by molar-refractivity contribution is 0.112. The summed E-state index contributed by atoms with van der Waals surface area (Å²) in [6.07, 6.45) is 1.74. The lowest BCUT2D eigenvalue weighted by atomic mass is 10.0. The number of aldehydes is 1. The second kappa shape index (κ2) is 5.08. The average Bonchev–Trinajstić information content (AvgIpc) is 2.31. The molecule has 1 nitrogen and oxygen atoms in total. The Hall–Kier alpha value is -1.41. The first-order valence-corrected chi connectivity index (χ1v) is 5.86. The van der Waals surface area contributed by atoms with Crippen molar-refractivity contribution >= 4 is 22.2 Å². The molecule has 2 heteroatoms. The van der Waals surface area contributed by atoms with Crippen molar-refractivity contribution in [2.24, 2.45) is 0 Å². The highest BCUT2D eigenvalue weighted by atomic mass is 79.9. The minimum absolute atomic E-state index is 0.691. The van der Waals surface area contributed by atoms with Crippen molar-refractivity contribution in [3.05, 3.63) is 69.7 Å². The van der Waals surface area contributed by atoms with Gasteiger partial charge >= 0.3 is 0 Å². The van der Waals surface area contributed by atoms with Crippen LogP contribution in [0.1, 0.15) is 21.5 Å². The summed E-state index contributed by atoms with van der Waals surface area (Å²) < 4.78 is 0.857. The first kappa shape index (κ1) is 11.1. The van der Waals surface area contributed by atoms with Gasteiger partial charge in [0.05, 0.1) is 0 Å². The maximum atomic E-state index is 10.7. The monoisotopic (exact) mass is 274 g/mol. The summed E-state index contributed by atoms with van der Waals surface area (Å²) in [5, 5.41) is 0. The van der Waals surface area contributed by atoms with Crippen LogP contribution >= 0.6 is 15.9 Å². The van der Waals surface area contributed by atoms with Crippen LogP contribution in [-0.4, -0.2) is 6.29 Å². The van der Waals surface area contributed by atoms with Crippen LogP contribution in [0.2, 0.25) is 0 Å². The largest absolute Gasteiger partial charge is 0.298 e. The molecule has 0 fully saturated rings. The van der Waals surface area contributed by atoms with E-state index in [1.165, 1.54) is 11.1 Å². The number of carbonyl (C=O) groups excluding carboxylic acids is 1. The van der Waals surface area contributed by atoms with Crippen molar-refractivity contribution in [3.8, 4) is 0 Å². The molecule has 0 unspecified atom stereocenters. The molecule has 0 spiro atoms. The van der Waals surface area contributed by atoms with Crippen molar-refractivity contribution < 1.29 is 4.79 Å². The van der Waals surface area contributed by atoms with Gasteiger partial charge in [-0.25, -0.2) is 0 Å². The third kappa shape index (κ3) is 2.58. The van der Waals surface area contributed by atoms with Crippen LogP contribution in [0.25, 0.3) is 0 Å². The maximum Gasteiger partial charge on any atom is 0.151 e. The smallest absolute Gasteiger partial charge is 0.151 e. The molecule has 0 saturated heterocycles. The molecule has 0 saturated carbocycles. The highest BCUT2D eigenvalue weighted by Crippen LogP contribution is 2.19. The van der Waals surface area contributed by atoms with Gasteiger partial charge in [-0.15, -0.1) is 0 Å². The predicted molar refractivity (Wildman–Crippen MR) is 68.8 cm³/mol. The summed E-state index contributed by atoms with van der Waals surface area (Å²) in [4.78, 5) is 10.7. The summed E-state index contributed by atoms with van der Waals surface area (Å²) in [5.41, 5.74) is 3.16. The molecule has 0 bridgehead atoms. The van der Waals surface area contributed by atoms with Gasteiger partial charge in [0.15, 0.2) is 6.29 Å². The highest BCUT2D eigenvalue weighted by Gasteiger charge is 2.01. The molecule has 0 heterocycles. The van der Waals surface area contributed by atoms with E-state index in [1.807, 2.05) is 36.4 Å². The summed E-state index contributed by atoms with van der Waals surface area (Å²) in [6, 6.07) is 16.1. The number of carbonyl (C=O) groups is 1. The molecule has 2 aromatic carbocycles. The number of hydrogen-bond acceptors (Lipinski definition) is 1. The molecule has 2 rings (SSSR count). The van der Waals surface area contributed by atoms with E-state index in [9.17, 15) is 4.79 Å². The van der Waals surface area contributed by atoms with E-state index in [0.717, 1.165) is 17.2 Å². The Bertz CT molecular complexity index is 491. The van der Waals surface area contributed by atoms with Gasteiger partial charge in [0.25, 0.3) is 0 Å². The summed E-state index contributed by atoms with van der Waals surface area (Å²) >= 11 is 3.39. The SMILES string of the molecule is O=Cc1ccc(Cc2ccccc2)cc1Br. The van der Waals surface area contributed by atoms with Crippen molar-refractivity contribution in [2.45, 2.75) is 6.42 Å². The fourth-order valence-electron chi connectivity index (χ4n) is 1.61. The topological polar surface area (TPSA) is 17.1 Å². The van der Waals surface area contributed by atoms with E-state index in [2.05, 4.69) is 28.1 Å². The number of hydrogen-bond donors (Lipinski definition) is 0. The number of benzene rings is 2. The number of rotatable bonds is 3. The van der Waals surface area contributed by atoms with Crippen LogP contribution in [0.5, 0.6) is 0 Å². The molecule has 0 radical (unpaired) electrons. The molecule has 0 aromatic heterocycles. The first-order chi connectivity index (χ1) is 7.79. The molecule has 0 N–H and O–H groups in total. The van der Waals surface area contributed by atoms with Gasteiger partial charge in [0.1, 0.15) is 0 Å². The van der Waals surface area contributed by atoms with Gasteiger partial charge in [0, 0.05) is 10.0 Å². The zero-order valence-electron chi connectivity index (χ0n) is 8.69. The zero-order chi connectivity index (χ0) is 11.4. The van der Waals surface area contributed by atoms with Gasteiger partial charge in [0.2, 0.25) is 0 Å². The predicted octanol–water partition coefficient (Wildman–Crippen LogP) is 3.85. The molecule has 0 aliphatic rings. The number of halogens is 1. The molecular weight excluding hydrogens is 264 g/mol. The van der Waals surface area contributed by atoms with Gasteiger partial charge in [-0.05, 0) is 23.6 Å². The average molecular weight is 275 g/mol. The lowest BCUT2D eigenvalue weighted by Crippen LogP contribution is -1.90. The van der Waals surface area contributed by atoms with E-state index in [-0.39, 0.29) is 0 Å². The third-order valence-electron chi connectivity index (χ3n) is 2.44. The first-order valence-electron chi connectivity index (χ1n) is 5.07. The van der Waals surface area contributed by atoms with Crippen molar-refractivity contribution in [2.75, 3.05) is 0 Å². The third-order valence-corrected chi connectivity index (χ3v) is 3.13. The molecule has 2 aromatic rings. The Morgan fingerprint density at radius 1 is 1.00 bits per heavy atom. The van der Waals surface area contributed by atoms with Crippen LogP contribution in [-0.2, 0) is 6.42 Å². The zero-order valence-corrected chi connectivity index (χ0v) is 10.3. The lowest BCUT2D eigenvalue weighted by Gasteiger charge is -2.03. The van der Waals surface area contributed by atoms with E-state index in [4.69, 9.17) is 0 Å². The molecule has 80 valence electrons. The summed E-state index contributed by atoms with van der Waals surface area (Å²) in [5.74, 6) is 0. The Morgan fingerprint density at radius 3 is 2.38 bits per heavy atom. The second-order valence-corrected chi connectivity index (χ2v) is 4.49. The molecule has 0 atom stereocenters. The normalized spacial score (nSPS) is 10.1. The van der Waals surface area contributed by atoms with E-state index in [1.54, 1.807) is 0 Å². The van der Waals surface area contributed by atoms with Crippen LogP contribution in [0.4, 0.5) is 0 Å². The molecular formula is C14H11BrO. The standard InChI is InChI=1S/C14H11BrO/c15-14-9-12(6-7-13(14)10-16)8-11-4-2-1-3-5-11/h1-7,9-10H,8H2. The van der Waals surface area contributed by atoms with E-state index in [0.29, 0.717) is 5.56 Å². The van der Waals surface area contributed by atoms with Crippen LogP contribution < -0.4 is 0 Å². The Morgan fingerprint density at radius 2 is 1.75 bits per heavy atom. The minimum Gasteiger partial charge on any atom is -0.298 e. The van der Waals surface area contributed by atoms with E-state index >= 15 is 0 Å². The van der Waals surface area contributed by atoms with Gasteiger partial charge < -0.3 is 0 Å². The fourth-order valence-corrected chi connectivity index (χ4v) is 2.13. The summed E-state index contributed by atoms with van der Waals surface area (Å²) in [7, 11) is 0. The fraction of sp³-hybridized carbons (Fsp3) is 0.0714. The van der Waals surface area contributed by atoms with Crippen molar-refractivity contribution in [1.29, 1.82) is 0 Å². The van der Waals surface area contributed by atoms with Crippen molar-refractivity contribution in [3.63, 3.8) is 0 Å². The Balaban J connectivity index is 2.23. The Labute approximate surface area is 103 Å². The molecule has 0 aliphatic heterocycles. The summed E-state index contributed by atoms with van der Waals surface area (Å²) in [6.45, 7) is 0. The second-order valence-electron chi connectivity index (χ2n) is 3.64.